The Hall–Kier alpha value is -1.76. The highest BCUT2D eigenvalue weighted by molar-refractivity contribution is 6.34. The van der Waals surface area contributed by atoms with Crippen LogP contribution in [0, 0.1) is 0 Å². The zero-order valence-electron chi connectivity index (χ0n) is 13.4. The monoisotopic (exact) mass is 403 g/mol. The number of rotatable bonds is 2. The number of carbonyl (C=O) groups excluding carboxylic acids is 1. The van der Waals surface area contributed by atoms with E-state index in [-0.39, 0.29) is 18.7 Å². The molecule has 0 aliphatic carbocycles. The lowest BCUT2D eigenvalue weighted by molar-refractivity contribution is -0.137. The Morgan fingerprint density at radius 1 is 1.12 bits per heavy atom. The Morgan fingerprint density at radius 2 is 1.81 bits per heavy atom. The standard InChI is InChI=1S/C18H14Cl2F3NO2/c19-14-7-12(8-15(20)9-14)16-10-24(4-5-26-16)17(25)11-2-1-3-13(6-11)18(21,22)23/h1-3,6-9,16H,4-5,10H2. The van der Waals surface area contributed by atoms with Gasteiger partial charge in [-0.05, 0) is 42.0 Å². The van der Waals surface area contributed by atoms with E-state index in [9.17, 15) is 18.0 Å². The lowest BCUT2D eigenvalue weighted by atomic mass is 10.1. The van der Waals surface area contributed by atoms with Crippen molar-refractivity contribution in [3.63, 3.8) is 0 Å². The summed E-state index contributed by atoms with van der Waals surface area (Å²) >= 11 is 12.0. The minimum atomic E-state index is -4.50. The third-order valence-corrected chi connectivity index (χ3v) is 4.48. The summed E-state index contributed by atoms with van der Waals surface area (Å²) in [6.45, 7) is 0.755. The number of ether oxygens (including phenoxy) is 1. The quantitative estimate of drug-likeness (QED) is 0.687. The van der Waals surface area contributed by atoms with E-state index in [1.165, 1.54) is 17.0 Å². The first-order chi connectivity index (χ1) is 12.2. The molecule has 26 heavy (non-hydrogen) atoms. The number of carbonyl (C=O) groups is 1. The number of benzene rings is 2. The Labute approximate surface area is 158 Å². The number of morpholine rings is 1. The van der Waals surface area contributed by atoms with Crippen LogP contribution in [0.25, 0.3) is 0 Å². The predicted molar refractivity (Wildman–Crippen MR) is 92.5 cm³/mol. The molecule has 0 aromatic heterocycles. The summed E-state index contributed by atoms with van der Waals surface area (Å²) in [6, 6.07) is 9.37. The van der Waals surface area contributed by atoms with Crippen LogP contribution in [-0.4, -0.2) is 30.5 Å². The van der Waals surface area contributed by atoms with Gasteiger partial charge in [0.15, 0.2) is 0 Å². The molecule has 0 N–H and O–H groups in total. The first kappa shape index (κ1) is 19.0. The molecule has 3 nitrogen and oxygen atoms in total. The highest BCUT2D eigenvalue weighted by atomic mass is 35.5. The molecule has 0 bridgehead atoms. The Kier molecular flexibility index (Phi) is 5.46. The molecule has 1 saturated heterocycles. The Bertz CT molecular complexity index is 806. The largest absolute Gasteiger partial charge is 0.416 e. The smallest absolute Gasteiger partial charge is 0.370 e. The number of amides is 1. The van der Waals surface area contributed by atoms with Crippen molar-refractivity contribution in [2.45, 2.75) is 12.3 Å². The van der Waals surface area contributed by atoms with Gasteiger partial charge in [-0.25, -0.2) is 0 Å². The van der Waals surface area contributed by atoms with Crippen LogP contribution in [0.1, 0.15) is 27.6 Å². The van der Waals surface area contributed by atoms with E-state index in [1.807, 2.05) is 0 Å². The molecule has 3 rings (SSSR count). The topological polar surface area (TPSA) is 29.5 Å². The summed E-state index contributed by atoms with van der Waals surface area (Å²) < 4.78 is 44.3. The second-order valence-electron chi connectivity index (χ2n) is 5.89. The highest BCUT2D eigenvalue weighted by Crippen LogP contribution is 2.31. The van der Waals surface area contributed by atoms with E-state index in [0.29, 0.717) is 22.2 Å². The molecule has 1 amide bonds. The van der Waals surface area contributed by atoms with Gasteiger partial charge < -0.3 is 9.64 Å². The highest BCUT2D eigenvalue weighted by Gasteiger charge is 2.32. The second kappa shape index (κ2) is 7.47. The molecular formula is C18H14Cl2F3NO2. The van der Waals surface area contributed by atoms with E-state index in [4.69, 9.17) is 27.9 Å². The van der Waals surface area contributed by atoms with Crippen molar-refractivity contribution in [1.29, 1.82) is 0 Å². The van der Waals surface area contributed by atoms with Gasteiger partial charge in [-0.15, -0.1) is 0 Å². The zero-order valence-corrected chi connectivity index (χ0v) is 14.9. The Morgan fingerprint density at radius 3 is 2.46 bits per heavy atom. The summed E-state index contributed by atoms with van der Waals surface area (Å²) in [5.74, 6) is -0.475. The van der Waals surface area contributed by atoms with Crippen LogP contribution in [0.2, 0.25) is 10.0 Å². The molecule has 0 spiro atoms. The van der Waals surface area contributed by atoms with E-state index in [1.54, 1.807) is 18.2 Å². The predicted octanol–water partition coefficient (Wildman–Crippen LogP) is 5.23. The number of hydrogen-bond donors (Lipinski definition) is 0. The van der Waals surface area contributed by atoms with Crippen molar-refractivity contribution in [1.82, 2.24) is 4.90 Å². The van der Waals surface area contributed by atoms with Crippen LogP contribution in [0.15, 0.2) is 42.5 Å². The maximum atomic E-state index is 12.9. The van der Waals surface area contributed by atoms with Gasteiger partial charge in [0.05, 0.1) is 18.7 Å². The van der Waals surface area contributed by atoms with Gasteiger partial charge in [-0.2, -0.15) is 13.2 Å². The van der Waals surface area contributed by atoms with Crippen LogP contribution in [-0.2, 0) is 10.9 Å². The van der Waals surface area contributed by atoms with Crippen molar-refractivity contribution >= 4 is 29.1 Å². The fourth-order valence-corrected chi connectivity index (χ4v) is 3.35. The van der Waals surface area contributed by atoms with Crippen molar-refractivity contribution < 1.29 is 22.7 Å². The molecule has 2 aromatic carbocycles. The third kappa shape index (κ3) is 4.31. The number of halogens is 5. The average Bonchev–Trinajstić information content (AvgIpc) is 2.60. The maximum absolute atomic E-state index is 12.9. The van der Waals surface area contributed by atoms with Gasteiger partial charge in [-0.1, -0.05) is 29.3 Å². The molecule has 1 unspecified atom stereocenters. The summed E-state index contributed by atoms with van der Waals surface area (Å²) in [5.41, 5.74) is -0.150. The molecule has 2 aromatic rings. The molecule has 1 aliphatic heterocycles. The van der Waals surface area contributed by atoms with Crippen LogP contribution < -0.4 is 0 Å². The minimum absolute atomic E-state index is 0.00963. The van der Waals surface area contributed by atoms with Crippen LogP contribution in [0.4, 0.5) is 13.2 Å². The molecular weight excluding hydrogens is 390 g/mol. The zero-order chi connectivity index (χ0) is 18.9. The van der Waals surface area contributed by atoms with Crippen LogP contribution >= 0.6 is 23.2 Å². The van der Waals surface area contributed by atoms with Gasteiger partial charge in [0, 0.05) is 22.2 Å². The van der Waals surface area contributed by atoms with Crippen LogP contribution in [0.3, 0.4) is 0 Å². The molecule has 1 fully saturated rings. The molecule has 1 heterocycles. The van der Waals surface area contributed by atoms with E-state index >= 15 is 0 Å². The van der Waals surface area contributed by atoms with Crippen molar-refractivity contribution in [2.75, 3.05) is 19.7 Å². The number of alkyl halides is 3. The molecule has 1 aliphatic rings. The van der Waals surface area contributed by atoms with Gasteiger partial charge in [0.2, 0.25) is 0 Å². The van der Waals surface area contributed by atoms with Gasteiger partial charge in [0.25, 0.3) is 5.91 Å². The number of nitrogens with zero attached hydrogens (tertiary/aromatic N) is 1. The lowest BCUT2D eigenvalue weighted by Gasteiger charge is -2.33. The van der Waals surface area contributed by atoms with E-state index in [0.717, 1.165) is 12.1 Å². The SMILES string of the molecule is O=C(c1cccc(C(F)(F)F)c1)N1CCOC(c2cc(Cl)cc(Cl)c2)C1. The molecule has 138 valence electrons. The normalized spacial score (nSPS) is 18.0. The van der Waals surface area contributed by atoms with Crippen LogP contribution in [0.5, 0.6) is 0 Å². The summed E-state index contributed by atoms with van der Waals surface area (Å²) in [5, 5.41) is 0.884. The first-order valence-electron chi connectivity index (χ1n) is 7.78. The molecule has 1 atom stereocenters. The Balaban J connectivity index is 1.80. The lowest BCUT2D eigenvalue weighted by Crippen LogP contribution is -2.42. The molecule has 8 heteroatoms. The molecule has 0 saturated carbocycles. The summed E-state index contributed by atoms with van der Waals surface area (Å²) in [7, 11) is 0. The average molecular weight is 404 g/mol. The van der Waals surface area contributed by atoms with Crippen molar-refractivity contribution in [3.05, 3.63) is 69.2 Å². The second-order valence-corrected chi connectivity index (χ2v) is 6.76. The maximum Gasteiger partial charge on any atom is 0.416 e. The fourth-order valence-electron chi connectivity index (χ4n) is 2.81. The summed E-state index contributed by atoms with van der Waals surface area (Å²) in [4.78, 5) is 14.1. The van der Waals surface area contributed by atoms with E-state index in [2.05, 4.69) is 0 Å². The van der Waals surface area contributed by atoms with Crippen molar-refractivity contribution in [3.8, 4) is 0 Å². The van der Waals surface area contributed by atoms with Gasteiger partial charge in [0.1, 0.15) is 6.10 Å². The minimum Gasteiger partial charge on any atom is -0.370 e. The number of hydrogen-bond acceptors (Lipinski definition) is 2. The first-order valence-corrected chi connectivity index (χ1v) is 8.54. The fraction of sp³-hybridized carbons (Fsp3) is 0.278. The van der Waals surface area contributed by atoms with E-state index < -0.39 is 23.8 Å². The molecule has 0 radical (unpaired) electrons. The summed E-state index contributed by atoms with van der Waals surface area (Å²) in [6.07, 6.45) is -4.95. The van der Waals surface area contributed by atoms with Crippen molar-refractivity contribution in [2.24, 2.45) is 0 Å². The van der Waals surface area contributed by atoms with Gasteiger partial charge >= 0.3 is 6.18 Å². The van der Waals surface area contributed by atoms with Gasteiger partial charge in [-0.3, -0.25) is 4.79 Å². The third-order valence-electron chi connectivity index (χ3n) is 4.05.